The van der Waals surface area contributed by atoms with Crippen LogP contribution in [0.4, 0.5) is 5.69 Å². The molecule has 0 radical (unpaired) electrons. The van der Waals surface area contributed by atoms with Crippen molar-refractivity contribution in [2.75, 3.05) is 5.73 Å². The van der Waals surface area contributed by atoms with Crippen LogP contribution in [0.5, 0.6) is 5.88 Å². The molecule has 27 heavy (non-hydrogen) atoms. The Kier molecular flexibility index (Phi) is 5.03. The maximum atomic E-state index is 12.3. The Morgan fingerprint density at radius 2 is 1.96 bits per heavy atom. The molecule has 7 nitrogen and oxygen atoms in total. The number of nitrogens with one attached hydrogen (secondary N) is 2. The number of hydrogen-bond donors (Lipinski definition) is 5. The van der Waals surface area contributed by atoms with Crippen molar-refractivity contribution in [1.82, 2.24) is 10.3 Å². The van der Waals surface area contributed by atoms with Gasteiger partial charge in [-0.1, -0.05) is 25.1 Å². The zero-order valence-corrected chi connectivity index (χ0v) is 14.8. The molecule has 0 aliphatic heterocycles. The van der Waals surface area contributed by atoms with Gasteiger partial charge in [0.25, 0.3) is 0 Å². The van der Waals surface area contributed by atoms with Gasteiger partial charge in [0.1, 0.15) is 0 Å². The lowest BCUT2D eigenvalue weighted by molar-refractivity contribution is -0.121. The van der Waals surface area contributed by atoms with Crippen molar-refractivity contribution >= 4 is 28.5 Å². The molecule has 0 spiro atoms. The standard InChI is InChI=1S/C20H21N3O4/c1-11(18-14-4-2-3-5-16(14)23-19(18)25)8-17(24)22-10-13-9-12(20(26)27)6-7-15(13)21/h2-7,9,11,23,25H,8,10,21H2,1H3,(H,22,24)(H,26,27). The number of rotatable bonds is 6. The maximum absolute atomic E-state index is 12.3. The summed E-state index contributed by atoms with van der Waals surface area (Å²) >= 11 is 0. The predicted octanol–water partition coefficient (Wildman–Crippen LogP) is 2.96. The first-order valence-electron chi connectivity index (χ1n) is 8.54. The number of hydrogen-bond acceptors (Lipinski definition) is 4. The first-order chi connectivity index (χ1) is 12.9. The summed E-state index contributed by atoms with van der Waals surface area (Å²) in [6, 6.07) is 11.9. The zero-order chi connectivity index (χ0) is 19.6. The summed E-state index contributed by atoms with van der Waals surface area (Å²) in [5.74, 6) is -1.41. The van der Waals surface area contributed by atoms with E-state index in [1.165, 1.54) is 18.2 Å². The van der Waals surface area contributed by atoms with E-state index >= 15 is 0 Å². The van der Waals surface area contributed by atoms with Gasteiger partial charge in [0.05, 0.1) is 5.56 Å². The lowest BCUT2D eigenvalue weighted by Crippen LogP contribution is -2.24. The fourth-order valence-corrected chi connectivity index (χ4v) is 3.19. The Hall–Kier alpha value is -3.48. The van der Waals surface area contributed by atoms with Crippen molar-refractivity contribution in [2.45, 2.75) is 25.8 Å². The van der Waals surface area contributed by atoms with Crippen LogP contribution in [-0.4, -0.2) is 27.1 Å². The van der Waals surface area contributed by atoms with E-state index in [9.17, 15) is 14.7 Å². The minimum absolute atomic E-state index is 0.0647. The lowest BCUT2D eigenvalue weighted by atomic mass is 9.96. The van der Waals surface area contributed by atoms with Crippen molar-refractivity contribution in [2.24, 2.45) is 0 Å². The summed E-state index contributed by atoms with van der Waals surface area (Å²) in [6.07, 6.45) is 0.175. The maximum Gasteiger partial charge on any atom is 0.335 e. The number of H-pyrrole nitrogens is 1. The van der Waals surface area contributed by atoms with Crippen molar-refractivity contribution in [3.05, 3.63) is 59.2 Å². The molecule has 7 heteroatoms. The van der Waals surface area contributed by atoms with Gasteiger partial charge < -0.3 is 26.2 Å². The van der Waals surface area contributed by atoms with E-state index in [2.05, 4.69) is 10.3 Å². The molecular formula is C20H21N3O4. The molecule has 3 rings (SSSR count). The van der Waals surface area contributed by atoms with Gasteiger partial charge in [0.2, 0.25) is 5.91 Å². The smallest absolute Gasteiger partial charge is 0.335 e. The minimum Gasteiger partial charge on any atom is -0.494 e. The molecular weight excluding hydrogens is 346 g/mol. The Labute approximate surface area is 155 Å². The highest BCUT2D eigenvalue weighted by Gasteiger charge is 2.19. The van der Waals surface area contributed by atoms with Crippen molar-refractivity contribution in [1.29, 1.82) is 0 Å². The van der Waals surface area contributed by atoms with Crippen LogP contribution in [0.3, 0.4) is 0 Å². The normalized spacial score (nSPS) is 12.0. The number of amides is 1. The first kappa shape index (κ1) is 18.3. The molecule has 3 aromatic rings. The minimum atomic E-state index is -1.05. The van der Waals surface area contributed by atoms with Crippen LogP contribution in [0.15, 0.2) is 42.5 Å². The third-order valence-corrected chi connectivity index (χ3v) is 4.58. The summed E-state index contributed by atoms with van der Waals surface area (Å²) < 4.78 is 0. The Morgan fingerprint density at radius 3 is 2.70 bits per heavy atom. The van der Waals surface area contributed by atoms with Gasteiger partial charge in [0.15, 0.2) is 5.88 Å². The van der Waals surface area contributed by atoms with Gasteiger partial charge in [-0.2, -0.15) is 0 Å². The molecule has 1 atom stereocenters. The molecule has 0 aliphatic rings. The van der Waals surface area contributed by atoms with E-state index in [1.807, 2.05) is 31.2 Å². The SMILES string of the molecule is CC(CC(=O)NCc1cc(C(=O)O)ccc1N)c1c(O)[nH]c2ccccc12. The Bertz CT molecular complexity index is 1010. The van der Waals surface area contributed by atoms with E-state index < -0.39 is 5.97 Å². The monoisotopic (exact) mass is 367 g/mol. The van der Waals surface area contributed by atoms with Crippen LogP contribution >= 0.6 is 0 Å². The summed E-state index contributed by atoms with van der Waals surface area (Å²) in [5.41, 5.74) is 8.45. The molecule has 1 aromatic heterocycles. The van der Waals surface area contributed by atoms with Gasteiger partial charge in [-0.3, -0.25) is 4.79 Å². The van der Waals surface area contributed by atoms with Gasteiger partial charge in [0, 0.05) is 35.1 Å². The van der Waals surface area contributed by atoms with Crippen LogP contribution in [0.2, 0.25) is 0 Å². The van der Waals surface area contributed by atoms with Gasteiger partial charge >= 0.3 is 5.97 Å². The number of anilines is 1. The Balaban J connectivity index is 1.68. The summed E-state index contributed by atoms with van der Waals surface area (Å²) in [5, 5.41) is 22.9. The van der Waals surface area contributed by atoms with Crippen LogP contribution < -0.4 is 11.1 Å². The molecule has 0 saturated heterocycles. The molecule has 0 fully saturated rings. The number of carboxylic acids is 1. The molecule has 2 aromatic carbocycles. The van der Waals surface area contributed by atoms with E-state index in [-0.39, 0.29) is 36.2 Å². The highest BCUT2D eigenvalue weighted by atomic mass is 16.4. The number of aromatic carboxylic acids is 1. The zero-order valence-electron chi connectivity index (χ0n) is 14.8. The van der Waals surface area contributed by atoms with E-state index in [1.54, 1.807) is 0 Å². The number of aromatic amines is 1. The van der Waals surface area contributed by atoms with Crippen molar-refractivity contribution in [3.63, 3.8) is 0 Å². The molecule has 0 aliphatic carbocycles. The van der Waals surface area contributed by atoms with E-state index in [4.69, 9.17) is 10.8 Å². The largest absolute Gasteiger partial charge is 0.494 e. The quantitative estimate of drug-likeness (QED) is 0.428. The number of carbonyl (C=O) groups excluding carboxylic acids is 1. The predicted molar refractivity (Wildman–Crippen MR) is 103 cm³/mol. The van der Waals surface area contributed by atoms with E-state index in [0.717, 1.165) is 10.9 Å². The third-order valence-electron chi connectivity index (χ3n) is 4.58. The van der Waals surface area contributed by atoms with Gasteiger partial charge in [-0.15, -0.1) is 0 Å². The average molecular weight is 367 g/mol. The number of carboxylic acid groups (broad SMARTS) is 1. The molecule has 1 heterocycles. The highest BCUT2D eigenvalue weighted by molar-refractivity contribution is 5.89. The first-order valence-corrected chi connectivity index (χ1v) is 8.54. The summed E-state index contributed by atoms with van der Waals surface area (Å²) in [7, 11) is 0. The Morgan fingerprint density at radius 1 is 1.22 bits per heavy atom. The number of benzene rings is 2. The topological polar surface area (TPSA) is 128 Å². The summed E-state index contributed by atoms with van der Waals surface area (Å²) in [6.45, 7) is 2.01. The molecule has 0 bridgehead atoms. The second-order valence-electron chi connectivity index (χ2n) is 6.53. The number of nitrogens with two attached hydrogens (primary N) is 1. The molecule has 0 saturated carbocycles. The van der Waals surface area contributed by atoms with Crippen LogP contribution in [0, 0.1) is 0 Å². The number of carbonyl (C=O) groups is 2. The highest BCUT2D eigenvalue weighted by Crippen LogP contribution is 2.34. The fourth-order valence-electron chi connectivity index (χ4n) is 3.19. The molecule has 1 unspecified atom stereocenters. The van der Waals surface area contributed by atoms with Crippen molar-refractivity contribution in [3.8, 4) is 5.88 Å². The number of para-hydroxylation sites is 1. The lowest BCUT2D eigenvalue weighted by Gasteiger charge is -2.13. The van der Waals surface area contributed by atoms with E-state index in [0.29, 0.717) is 16.8 Å². The summed E-state index contributed by atoms with van der Waals surface area (Å²) in [4.78, 5) is 26.3. The fraction of sp³-hybridized carbons (Fsp3) is 0.200. The van der Waals surface area contributed by atoms with Crippen LogP contribution in [-0.2, 0) is 11.3 Å². The van der Waals surface area contributed by atoms with Crippen LogP contribution in [0.25, 0.3) is 10.9 Å². The number of nitrogen functional groups attached to an aromatic ring is 1. The van der Waals surface area contributed by atoms with Gasteiger partial charge in [-0.05, 0) is 35.7 Å². The number of aromatic nitrogens is 1. The third kappa shape index (κ3) is 3.87. The molecule has 1 amide bonds. The van der Waals surface area contributed by atoms with Crippen molar-refractivity contribution < 1.29 is 19.8 Å². The second-order valence-corrected chi connectivity index (χ2v) is 6.53. The molecule has 6 N–H and O–H groups in total. The number of fused-ring (bicyclic) bond motifs is 1. The second kappa shape index (κ2) is 7.41. The molecule has 140 valence electrons. The van der Waals surface area contributed by atoms with Crippen LogP contribution in [0.1, 0.15) is 40.7 Å². The average Bonchev–Trinajstić information content (AvgIpc) is 2.96. The van der Waals surface area contributed by atoms with Gasteiger partial charge in [-0.25, -0.2) is 4.79 Å². The number of aromatic hydroxyl groups is 1.